The van der Waals surface area contributed by atoms with Gasteiger partial charge in [0.2, 0.25) is 0 Å². The number of nitrogens with one attached hydrogen (secondary N) is 1. The molecule has 0 aromatic carbocycles. The summed E-state index contributed by atoms with van der Waals surface area (Å²) in [6.07, 6.45) is 5.63. The van der Waals surface area contributed by atoms with E-state index in [0.717, 1.165) is 30.2 Å². The summed E-state index contributed by atoms with van der Waals surface area (Å²) in [5.41, 5.74) is 2.22. The van der Waals surface area contributed by atoms with Gasteiger partial charge in [-0.3, -0.25) is 4.90 Å². The molecule has 0 amide bonds. The van der Waals surface area contributed by atoms with Crippen LogP contribution in [0.4, 0.5) is 5.82 Å². The van der Waals surface area contributed by atoms with E-state index in [-0.39, 0.29) is 0 Å². The molecule has 1 aromatic heterocycles. The van der Waals surface area contributed by atoms with E-state index in [0.29, 0.717) is 6.04 Å². The number of piperidine rings is 1. The molecule has 0 unspecified atom stereocenters. The molecule has 0 aliphatic carbocycles. The minimum absolute atomic E-state index is 0.651. The van der Waals surface area contributed by atoms with Gasteiger partial charge in [-0.25, -0.2) is 9.97 Å². The van der Waals surface area contributed by atoms with Crippen molar-refractivity contribution in [2.24, 2.45) is 0 Å². The van der Waals surface area contributed by atoms with E-state index < -0.39 is 0 Å². The third-order valence-corrected chi connectivity index (χ3v) is 4.00. The third-order valence-electron chi connectivity index (χ3n) is 4.00. The van der Waals surface area contributed by atoms with Gasteiger partial charge in [0, 0.05) is 23.8 Å². The molecule has 2 heterocycles. The molecule has 2 rings (SSSR count). The summed E-state index contributed by atoms with van der Waals surface area (Å²) in [7, 11) is 0. The topological polar surface area (TPSA) is 41.0 Å². The summed E-state index contributed by atoms with van der Waals surface area (Å²) >= 11 is 0. The Hall–Kier alpha value is -1.16. The van der Waals surface area contributed by atoms with E-state index in [2.05, 4.69) is 34.0 Å². The Balaban J connectivity index is 1.96. The highest BCUT2D eigenvalue weighted by molar-refractivity contribution is 5.44. The van der Waals surface area contributed by atoms with E-state index in [1.165, 1.54) is 25.8 Å². The number of likely N-dealkylation sites (tertiary alicyclic amines) is 1. The van der Waals surface area contributed by atoms with E-state index in [1.54, 1.807) is 6.33 Å². The molecule has 1 fully saturated rings. The highest BCUT2D eigenvalue weighted by atomic mass is 15.2. The Labute approximate surface area is 110 Å². The van der Waals surface area contributed by atoms with Crippen LogP contribution in [0.5, 0.6) is 0 Å². The maximum atomic E-state index is 4.33. The number of hydrogen-bond donors (Lipinski definition) is 1. The highest BCUT2D eigenvalue weighted by Gasteiger charge is 2.20. The number of aromatic nitrogens is 2. The maximum absolute atomic E-state index is 4.33. The average Bonchev–Trinajstić information content (AvgIpc) is 2.41. The average molecular weight is 248 g/mol. The third kappa shape index (κ3) is 2.99. The molecule has 18 heavy (non-hydrogen) atoms. The summed E-state index contributed by atoms with van der Waals surface area (Å²) in [5, 5.41) is 3.50. The lowest BCUT2D eigenvalue weighted by Crippen LogP contribution is -2.43. The lowest BCUT2D eigenvalue weighted by molar-refractivity contribution is 0.164. The van der Waals surface area contributed by atoms with Crippen molar-refractivity contribution in [2.45, 2.75) is 46.1 Å². The van der Waals surface area contributed by atoms with E-state index in [4.69, 9.17) is 0 Å². The number of nitrogens with zero attached hydrogens (tertiary/aromatic N) is 3. The van der Waals surface area contributed by atoms with Crippen LogP contribution in [0, 0.1) is 13.8 Å². The van der Waals surface area contributed by atoms with Crippen molar-refractivity contribution in [3.8, 4) is 0 Å². The molecule has 1 atom stereocenters. The molecule has 1 saturated heterocycles. The van der Waals surface area contributed by atoms with E-state index >= 15 is 0 Å². The summed E-state index contributed by atoms with van der Waals surface area (Å²) in [4.78, 5) is 11.1. The minimum atomic E-state index is 0.651. The predicted octanol–water partition coefficient (Wildman–Crippen LogP) is 2.38. The van der Waals surface area contributed by atoms with Crippen molar-refractivity contribution < 1.29 is 0 Å². The van der Waals surface area contributed by atoms with Gasteiger partial charge in [0.25, 0.3) is 0 Å². The number of likely N-dealkylation sites (N-methyl/N-ethyl adjacent to an activating group) is 1. The number of aryl methyl sites for hydroxylation is 1. The zero-order chi connectivity index (χ0) is 13.0. The Morgan fingerprint density at radius 1 is 1.33 bits per heavy atom. The number of anilines is 1. The molecule has 1 aromatic rings. The van der Waals surface area contributed by atoms with Gasteiger partial charge in [-0.15, -0.1) is 0 Å². The molecule has 1 aliphatic rings. The molecule has 1 N–H and O–H groups in total. The molecule has 100 valence electrons. The lowest BCUT2D eigenvalue weighted by Gasteiger charge is -2.35. The zero-order valence-electron chi connectivity index (χ0n) is 11.7. The fraction of sp³-hybridized carbons (Fsp3) is 0.714. The maximum Gasteiger partial charge on any atom is 0.132 e. The van der Waals surface area contributed by atoms with Gasteiger partial charge in [0.05, 0.1) is 0 Å². The van der Waals surface area contributed by atoms with Crippen molar-refractivity contribution in [1.82, 2.24) is 14.9 Å². The molecule has 0 spiro atoms. The van der Waals surface area contributed by atoms with Gasteiger partial charge in [-0.1, -0.05) is 13.3 Å². The van der Waals surface area contributed by atoms with Gasteiger partial charge in [-0.2, -0.15) is 0 Å². The Morgan fingerprint density at radius 3 is 2.94 bits per heavy atom. The van der Waals surface area contributed by atoms with Crippen molar-refractivity contribution in [1.29, 1.82) is 0 Å². The fourth-order valence-corrected chi connectivity index (χ4v) is 2.64. The minimum Gasteiger partial charge on any atom is -0.368 e. The van der Waals surface area contributed by atoms with Crippen molar-refractivity contribution in [3.05, 3.63) is 17.6 Å². The first-order chi connectivity index (χ1) is 8.72. The first-order valence-electron chi connectivity index (χ1n) is 6.98. The van der Waals surface area contributed by atoms with Gasteiger partial charge >= 0.3 is 0 Å². The van der Waals surface area contributed by atoms with Crippen LogP contribution in [-0.4, -0.2) is 40.5 Å². The second kappa shape index (κ2) is 6.14. The quantitative estimate of drug-likeness (QED) is 0.888. The largest absolute Gasteiger partial charge is 0.368 e. The second-order valence-electron chi connectivity index (χ2n) is 5.09. The van der Waals surface area contributed by atoms with Crippen LogP contribution >= 0.6 is 0 Å². The predicted molar refractivity (Wildman–Crippen MR) is 74.9 cm³/mol. The standard InChI is InChI=1S/C14H24N4/c1-4-18-8-6-5-7-13(18)9-15-14-11(2)12(3)16-10-17-14/h10,13H,4-9H2,1-3H3,(H,15,16,17)/t13-/m0/s1. The van der Waals surface area contributed by atoms with Crippen LogP contribution in [0.1, 0.15) is 37.4 Å². The fourth-order valence-electron chi connectivity index (χ4n) is 2.64. The van der Waals surface area contributed by atoms with Crippen LogP contribution in [-0.2, 0) is 0 Å². The molecule has 0 bridgehead atoms. The van der Waals surface area contributed by atoms with Crippen LogP contribution < -0.4 is 5.32 Å². The number of hydrogen-bond acceptors (Lipinski definition) is 4. The molecule has 1 aliphatic heterocycles. The van der Waals surface area contributed by atoms with Gasteiger partial charge in [0.15, 0.2) is 0 Å². The molecular weight excluding hydrogens is 224 g/mol. The summed E-state index contributed by atoms with van der Waals surface area (Å²) in [6, 6.07) is 0.651. The SMILES string of the molecule is CCN1CCCC[C@H]1CNc1ncnc(C)c1C. The van der Waals surface area contributed by atoms with Crippen molar-refractivity contribution >= 4 is 5.82 Å². The first-order valence-corrected chi connectivity index (χ1v) is 6.98. The molecular formula is C14H24N4. The van der Waals surface area contributed by atoms with Gasteiger partial charge in [-0.05, 0) is 39.8 Å². The summed E-state index contributed by atoms with van der Waals surface area (Å²) in [6.45, 7) is 9.74. The monoisotopic (exact) mass is 248 g/mol. The second-order valence-corrected chi connectivity index (χ2v) is 5.09. The number of rotatable bonds is 4. The first kappa shape index (κ1) is 13.3. The Morgan fingerprint density at radius 2 is 2.17 bits per heavy atom. The molecule has 0 radical (unpaired) electrons. The van der Waals surface area contributed by atoms with E-state index in [1.807, 2.05) is 6.92 Å². The zero-order valence-corrected chi connectivity index (χ0v) is 11.7. The Bertz CT molecular complexity index is 391. The van der Waals surface area contributed by atoms with Crippen LogP contribution in [0.3, 0.4) is 0 Å². The van der Waals surface area contributed by atoms with Gasteiger partial charge in [0.1, 0.15) is 12.1 Å². The summed E-state index contributed by atoms with van der Waals surface area (Å²) < 4.78 is 0. The van der Waals surface area contributed by atoms with Crippen molar-refractivity contribution in [2.75, 3.05) is 25.0 Å². The van der Waals surface area contributed by atoms with Crippen LogP contribution in [0.25, 0.3) is 0 Å². The summed E-state index contributed by atoms with van der Waals surface area (Å²) in [5.74, 6) is 0.990. The lowest BCUT2D eigenvalue weighted by atomic mass is 10.0. The smallest absolute Gasteiger partial charge is 0.132 e. The van der Waals surface area contributed by atoms with Gasteiger partial charge < -0.3 is 5.32 Å². The van der Waals surface area contributed by atoms with Crippen LogP contribution in [0.2, 0.25) is 0 Å². The Kier molecular flexibility index (Phi) is 4.53. The normalized spacial score (nSPS) is 20.9. The molecule has 0 saturated carbocycles. The highest BCUT2D eigenvalue weighted by Crippen LogP contribution is 2.18. The molecule has 4 heteroatoms. The molecule has 4 nitrogen and oxygen atoms in total. The van der Waals surface area contributed by atoms with E-state index in [9.17, 15) is 0 Å². The van der Waals surface area contributed by atoms with Crippen molar-refractivity contribution in [3.63, 3.8) is 0 Å². The van der Waals surface area contributed by atoms with Crippen LogP contribution in [0.15, 0.2) is 6.33 Å².